The molecule has 0 spiro atoms. The van der Waals surface area contributed by atoms with E-state index in [2.05, 4.69) is 41.4 Å². The summed E-state index contributed by atoms with van der Waals surface area (Å²) in [7, 11) is -0.438. The molecule has 2 aliphatic rings. The van der Waals surface area contributed by atoms with Gasteiger partial charge in [-0.05, 0) is 56.2 Å². The molecule has 168 valence electrons. The molecule has 1 amide bonds. The van der Waals surface area contributed by atoms with Gasteiger partial charge < -0.3 is 10.2 Å². The quantitative estimate of drug-likeness (QED) is 0.744. The average molecular weight is 437 g/mol. The fraction of sp³-hybridized carbons (Fsp3) is 0.682. The van der Waals surface area contributed by atoms with Gasteiger partial charge in [-0.1, -0.05) is 19.1 Å². The molecule has 0 radical (unpaired) electrons. The van der Waals surface area contributed by atoms with E-state index in [1.54, 1.807) is 0 Å². The minimum absolute atomic E-state index is 0.0740. The molecule has 0 aromatic heterocycles. The first kappa shape index (κ1) is 23.0. The molecule has 30 heavy (non-hydrogen) atoms. The third-order valence-electron chi connectivity index (χ3n) is 6.32. The van der Waals surface area contributed by atoms with Crippen molar-refractivity contribution in [3.8, 4) is 0 Å². The smallest absolute Gasteiger partial charge is 0.281 e. The van der Waals surface area contributed by atoms with Crippen molar-refractivity contribution in [2.45, 2.75) is 45.6 Å². The molecule has 3 rings (SSSR count). The molecule has 0 aliphatic carbocycles. The van der Waals surface area contributed by atoms with Crippen LogP contribution in [0.2, 0.25) is 0 Å². The molecule has 1 N–H and O–H groups in total. The van der Waals surface area contributed by atoms with E-state index in [1.807, 2.05) is 6.92 Å². The van der Waals surface area contributed by atoms with Crippen LogP contribution in [0.3, 0.4) is 0 Å². The minimum Gasteiger partial charge on any atom is -0.371 e. The Kier molecular flexibility index (Phi) is 7.42. The number of nitrogens with one attached hydrogen (secondary N) is 1. The highest BCUT2D eigenvalue weighted by Gasteiger charge is 2.33. The number of amides is 1. The van der Waals surface area contributed by atoms with Crippen LogP contribution >= 0.6 is 0 Å². The first-order valence-corrected chi connectivity index (χ1v) is 12.4. The Morgan fingerprint density at radius 2 is 1.77 bits per heavy atom. The summed E-state index contributed by atoms with van der Waals surface area (Å²) >= 11 is 0. The first-order chi connectivity index (χ1) is 14.2. The summed E-state index contributed by atoms with van der Waals surface area (Å²) in [6.07, 6.45) is 3.94. The van der Waals surface area contributed by atoms with Gasteiger partial charge in [-0.2, -0.15) is 17.0 Å². The summed E-state index contributed by atoms with van der Waals surface area (Å²) < 4.78 is 27.4. The van der Waals surface area contributed by atoms with Crippen LogP contribution in [0.5, 0.6) is 0 Å². The topological polar surface area (TPSA) is 73.0 Å². The zero-order valence-electron chi connectivity index (χ0n) is 18.7. The summed E-state index contributed by atoms with van der Waals surface area (Å²) in [4.78, 5) is 15.3. The third-order valence-corrected chi connectivity index (χ3v) is 8.22. The number of piperidine rings is 2. The molecule has 0 unspecified atom stereocenters. The van der Waals surface area contributed by atoms with Crippen molar-refractivity contribution < 1.29 is 13.2 Å². The van der Waals surface area contributed by atoms with Gasteiger partial charge in [-0.15, -0.1) is 0 Å². The van der Waals surface area contributed by atoms with E-state index in [4.69, 9.17) is 0 Å². The zero-order valence-corrected chi connectivity index (χ0v) is 19.5. The fourth-order valence-corrected chi connectivity index (χ4v) is 5.60. The van der Waals surface area contributed by atoms with Crippen LogP contribution in [-0.2, 0) is 15.0 Å². The molecule has 1 aromatic rings. The van der Waals surface area contributed by atoms with Gasteiger partial charge in [0, 0.05) is 46.0 Å². The largest absolute Gasteiger partial charge is 0.371 e. The lowest BCUT2D eigenvalue weighted by Crippen LogP contribution is -2.49. The van der Waals surface area contributed by atoms with E-state index in [-0.39, 0.29) is 24.4 Å². The van der Waals surface area contributed by atoms with Gasteiger partial charge >= 0.3 is 0 Å². The Morgan fingerprint density at radius 1 is 1.10 bits per heavy atom. The van der Waals surface area contributed by atoms with E-state index >= 15 is 0 Å². The predicted octanol–water partition coefficient (Wildman–Crippen LogP) is 2.62. The lowest BCUT2D eigenvalue weighted by molar-refractivity contribution is -0.126. The fourth-order valence-electron chi connectivity index (χ4n) is 4.41. The maximum Gasteiger partial charge on any atom is 0.281 e. The molecular weight excluding hydrogens is 400 g/mol. The van der Waals surface area contributed by atoms with Crippen molar-refractivity contribution in [3.05, 3.63) is 29.8 Å². The summed E-state index contributed by atoms with van der Waals surface area (Å²) in [6, 6.07) is 8.34. The second-order valence-electron chi connectivity index (χ2n) is 9.00. The van der Waals surface area contributed by atoms with Crippen LogP contribution in [0, 0.1) is 11.8 Å². The molecule has 2 fully saturated rings. The highest BCUT2D eigenvalue weighted by atomic mass is 32.2. The van der Waals surface area contributed by atoms with Crippen LogP contribution < -0.4 is 10.2 Å². The number of rotatable bonds is 6. The first-order valence-electron chi connectivity index (χ1n) is 11.0. The molecule has 2 aliphatic heterocycles. The Hall–Kier alpha value is -1.64. The molecule has 2 saturated heterocycles. The van der Waals surface area contributed by atoms with Crippen LogP contribution in [0.25, 0.3) is 0 Å². The Bertz CT molecular complexity index is 825. The van der Waals surface area contributed by atoms with Crippen LogP contribution in [0.4, 0.5) is 5.69 Å². The monoisotopic (exact) mass is 436 g/mol. The average Bonchev–Trinajstić information content (AvgIpc) is 2.73. The van der Waals surface area contributed by atoms with Gasteiger partial charge in [0.2, 0.25) is 5.91 Å². The summed E-state index contributed by atoms with van der Waals surface area (Å²) in [5.41, 5.74) is 2.30. The molecule has 2 heterocycles. The van der Waals surface area contributed by atoms with Gasteiger partial charge in [0.05, 0.1) is 12.0 Å². The van der Waals surface area contributed by atoms with Gasteiger partial charge in [0.25, 0.3) is 10.2 Å². The maximum absolute atomic E-state index is 12.8. The lowest BCUT2D eigenvalue weighted by Gasteiger charge is -2.33. The Morgan fingerprint density at radius 3 is 2.40 bits per heavy atom. The van der Waals surface area contributed by atoms with Crippen molar-refractivity contribution in [2.75, 3.05) is 45.2 Å². The van der Waals surface area contributed by atoms with E-state index in [9.17, 15) is 13.2 Å². The van der Waals surface area contributed by atoms with Gasteiger partial charge in [0.15, 0.2) is 0 Å². The number of nitrogens with zero attached hydrogens (tertiary/aromatic N) is 3. The number of carbonyl (C=O) groups excluding carboxylic acids is 1. The van der Waals surface area contributed by atoms with Gasteiger partial charge in [0.1, 0.15) is 0 Å². The minimum atomic E-state index is -3.48. The van der Waals surface area contributed by atoms with Gasteiger partial charge in [-0.25, -0.2) is 0 Å². The van der Waals surface area contributed by atoms with Crippen LogP contribution in [0.15, 0.2) is 24.3 Å². The molecule has 7 nitrogen and oxygen atoms in total. The molecule has 3 atom stereocenters. The van der Waals surface area contributed by atoms with E-state index < -0.39 is 10.2 Å². The standard InChI is InChI=1S/C22H36N4O3S/c1-17-7-5-13-25(15-17)21-11-9-19(10-12-21)18(2)23-22(27)20-8-6-14-26(16-20)30(28,29)24(3)4/h9-12,17-18,20H,5-8,13-16H2,1-4H3,(H,23,27)/t17-,18+,20-/m1/s1. The number of hydrogen-bond acceptors (Lipinski definition) is 4. The Labute approximate surface area is 181 Å². The van der Waals surface area contributed by atoms with Crippen molar-refractivity contribution in [2.24, 2.45) is 11.8 Å². The predicted molar refractivity (Wildman–Crippen MR) is 121 cm³/mol. The van der Waals surface area contributed by atoms with E-state index in [0.717, 1.165) is 24.6 Å². The molecule has 0 saturated carbocycles. The highest BCUT2D eigenvalue weighted by molar-refractivity contribution is 7.86. The molecule has 0 bridgehead atoms. The zero-order chi connectivity index (χ0) is 21.9. The summed E-state index contributed by atoms with van der Waals surface area (Å²) in [6.45, 7) is 7.19. The Balaban J connectivity index is 1.58. The molecule has 8 heteroatoms. The van der Waals surface area contributed by atoms with Crippen molar-refractivity contribution in [1.82, 2.24) is 13.9 Å². The maximum atomic E-state index is 12.8. The van der Waals surface area contributed by atoms with E-state index in [1.165, 1.54) is 41.2 Å². The number of benzene rings is 1. The summed E-state index contributed by atoms with van der Waals surface area (Å²) in [5.74, 6) is 0.336. The van der Waals surface area contributed by atoms with Gasteiger partial charge in [-0.3, -0.25) is 4.79 Å². The van der Waals surface area contributed by atoms with Crippen LogP contribution in [-0.4, -0.2) is 63.2 Å². The number of carbonyl (C=O) groups is 1. The lowest BCUT2D eigenvalue weighted by atomic mass is 9.97. The molecule has 1 aromatic carbocycles. The summed E-state index contributed by atoms with van der Waals surface area (Å²) in [5, 5.41) is 3.09. The van der Waals surface area contributed by atoms with Crippen molar-refractivity contribution >= 4 is 21.8 Å². The van der Waals surface area contributed by atoms with Crippen molar-refractivity contribution in [1.29, 1.82) is 0 Å². The number of anilines is 1. The van der Waals surface area contributed by atoms with Crippen molar-refractivity contribution in [3.63, 3.8) is 0 Å². The number of hydrogen-bond donors (Lipinski definition) is 1. The molecular formula is C22H36N4O3S. The second-order valence-corrected chi connectivity index (χ2v) is 11.1. The highest BCUT2D eigenvalue weighted by Crippen LogP contribution is 2.25. The van der Waals surface area contributed by atoms with E-state index in [0.29, 0.717) is 19.4 Å². The second kappa shape index (κ2) is 9.66. The third kappa shape index (κ3) is 5.34. The SMILES string of the molecule is C[C@@H]1CCCN(c2ccc([C@H](C)NC(=O)[C@@H]3CCCN(S(=O)(=O)N(C)C)C3)cc2)C1. The normalized spacial score (nSPS) is 24.6. The van der Waals surface area contributed by atoms with Crippen LogP contribution in [0.1, 0.15) is 51.1 Å².